The molecule has 0 saturated carbocycles. The summed E-state index contributed by atoms with van der Waals surface area (Å²) in [4.78, 5) is -1.08. The second-order valence-electron chi connectivity index (χ2n) is 8.59. The van der Waals surface area contributed by atoms with Crippen molar-refractivity contribution >= 4 is 41.7 Å². The van der Waals surface area contributed by atoms with Gasteiger partial charge in [-0.1, -0.05) is 17.7 Å². The van der Waals surface area contributed by atoms with E-state index in [9.17, 15) is 43.9 Å². The first kappa shape index (κ1) is 27.5. The van der Waals surface area contributed by atoms with Crippen molar-refractivity contribution in [3.8, 4) is 0 Å². The first-order valence-corrected chi connectivity index (χ1v) is 14.2. The van der Waals surface area contributed by atoms with Crippen LogP contribution in [-0.2, 0) is 32.9 Å². The molecule has 1 atom stereocenters. The fraction of sp³-hybridized carbons (Fsp3) is 0.273. The van der Waals surface area contributed by atoms with Gasteiger partial charge in [-0.3, -0.25) is 4.72 Å². The van der Waals surface area contributed by atoms with E-state index in [1.54, 1.807) is 6.92 Å². The Morgan fingerprint density at radius 3 is 2.27 bits per heavy atom. The van der Waals surface area contributed by atoms with E-state index in [0.29, 0.717) is 27.9 Å². The van der Waals surface area contributed by atoms with Crippen LogP contribution in [-0.4, -0.2) is 37.7 Å². The minimum atomic E-state index is -5.14. The van der Waals surface area contributed by atoms with E-state index in [-0.39, 0.29) is 14.9 Å². The molecule has 0 radical (unpaired) electrons. The number of nitrogens with zero attached hydrogens (tertiary/aromatic N) is 1. The van der Waals surface area contributed by atoms with E-state index in [1.807, 2.05) is 4.72 Å². The number of rotatable bonds is 5. The molecule has 15 heteroatoms. The Bertz CT molecular complexity index is 1600. The molecular weight excluding hydrogens is 611 g/mol. The largest absolute Gasteiger partial charge is 0.417 e. The number of aryl methyl sites for hydroxylation is 1. The van der Waals surface area contributed by atoms with Crippen molar-refractivity contribution in [2.45, 2.75) is 47.8 Å². The third kappa shape index (κ3) is 4.89. The van der Waals surface area contributed by atoms with Gasteiger partial charge >= 0.3 is 6.18 Å². The maximum Gasteiger partial charge on any atom is 0.417 e. The van der Waals surface area contributed by atoms with Crippen LogP contribution in [0.5, 0.6) is 0 Å². The van der Waals surface area contributed by atoms with Crippen LogP contribution in [0.15, 0.2) is 56.9 Å². The summed E-state index contributed by atoms with van der Waals surface area (Å²) >= 11 is 2.75. The molecule has 1 aliphatic carbocycles. The molecule has 1 aliphatic rings. The van der Waals surface area contributed by atoms with Crippen LogP contribution in [0.2, 0.25) is 0 Å². The Hall–Kier alpha value is -2.49. The van der Waals surface area contributed by atoms with E-state index in [0.717, 1.165) is 0 Å². The molecule has 1 heterocycles. The maximum atomic E-state index is 14.3. The summed E-state index contributed by atoms with van der Waals surface area (Å²) in [5.74, 6) is -2.17. The molecule has 0 aliphatic heterocycles. The van der Waals surface area contributed by atoms with Crippen molar-refractivity contribution in [3.63, 3.8) is 0 Å². The van der Waals surface area contributed by atoms with Crippen LogP contribution < -0.4 is 4.72 Å². The van der Waals surface area contributed by atoms with Gasteiger partial charge in [-0.15, -0.1) is 0 Å². The average molecular weight is 629 g/mol. The highest BCUT2D eigenvalue weighted by Crippen LogP contribution is 2.44. The number of fused-ring (bicyclic) bond motifs is 1. The van der Waals surface area contributed by atoms with Gasteiger partial charge in [0, 0.05) is 24.4 Å². The van der Waals surface area contributed by atoms with Crippen molar-refractivity contribution in [2.24, 2.45) is 0 Å². The molecule has 0 amide bonds. The Labute approximate surface area is 217 Å². The molecule has 3 aromatic rings. The van der Waals surface area contributed by atoms with Crippen LogP contribution >= 0.6 is 15.9 Å². The fourth-order valence-electron chi connectivity index (χ4n) is 4.00. The molecule has 200 valence electrons. The number of benzene rings is 2. The smallest absolute Gasteiger partial charge is 0.380 e. The van der Waals surface area contributed by atoms with Gasteiger partial charge in [0.15, 0.2) is 5.60 Å². The lowest BCUT2D eigenvalue weighted by Crippen LogP contribution is -2.50. The van der Waals surface area contributed by atoms with Crippen molar-refractivity contribution in [3.05, 3.63) is 75.5 Å². The summed E-state index contributed by atoms with van der Waals surface area (Å²) in [5, 5.41) is 10.3. The Morgan fingerprint density at radius 1 is 1.05 bits per heavy atom. The fourth-order valence-corrected chi connectivity index (χ4v) is 7.14. The molecule has 0 fully saturated rings. The Morgan fingerprint density at radius 2 is 1.68 bits per heavy atom. The predicted molar refractivity (Wildman–Crippen MR) is 126 cm³/mol. The molecule has 0 bridgehead atoms. The van der Waals surface area contributed by atoms with E-state index in [1.165, 1.54) is 24.3 Å². The van der Waals surface area contributed by atoms with E-state index < -0.39 is 79.0 Å². The van der Waals surface area contributed by atoms with Gasteiger partial charge in [0.25, 0.3) is 20.0 Å². The lowest BCUT2D eigenvalue weighted by molar-refractivity contribution is -0.263. The van der Waals surface area contributed by atoms with Crippen LogP contribution in [0.4, 0.5) is 27.6 Å². The van der Waals surface area contributed by atoms with Gasteiger partial charge in [0.1, 0.15) is 16.5 Å². The molecule has 4 rings (SSSR count). The zero-order valence-electron chi connectivity index (χ0n) is 18.8. The maximum absolute atomic E-state index is 14.3. The van der Waals surface area contributed by atoms with Crippen LogP contribution in [0.1, 0.15) is 23.2 Å². The van der Waals surface area contributed by atoms with Crippen molar-refractivity contribution in [1.29, 1.82) is 0 Å². The van der Waals surface area contributed by atoms with E-state index in [4.69, 9.17) is 0 Å². The normalized spacial score (nSPS) is 18.5. The molecule has 37 heavy (non-hydrogen) atoms. The van der Waals surface area contributed by atoms with Gasteiger partial charge in [-0.25, -0.2) is 29.6 Å². The average Bonchev–Trinajstić information content (AvgIpc) is 3.17. The monoisotopic (exact) mass is 628 g/mol. The van der Waals surface area contributed by atoms with Gasteiger partial charge in [-0.05, 0) is 59.5 Å². The number of hydrogen-bond acceptors (Lipinski definition) is 5. The number of halogens is 6. The lowest BCUT2D eigenvalue weighted by Gasteiger charge is -2.34. The van der Waals surface area contributed by atoms with Crippen molar-refractivity contribution in [1.82, 2.24) is 3.97 Å². The first-order valence-electron chi connectivity index (χ1n) is 10.5. The van der Waals surface area contributed by atoms with Crippen LogP contribution in [0, 0.1) is 18.6 Å². The zero-order valence-corrected chi connectivity index (χ0v) is 22.0. The van der Waals surface area contributed by atoms with Gasteiger partial charge in [-0.2, -0.15) is 13.2 Å². The van der Waals surface area contributed by atoms with Crippen molar-refractivity contribution < 1.29 is 43.9 Å². The number of nitrogens with one attached hydrogen (secondary N) is 1. The quantitative estimate of drug-likeness (QED) is 0.316. The van der Waals surface area contributed by atoms with Crippen molar-refractivity contribution in [2.75, 3.05) is 4.72 Å². The molecule has 1 unspecified atom stereocenters. The number of aliphatic hydroxyl groups is 1. The third-order valence-corrected chi connectivity index (χ3v) is 9.78. The summed E-state index contributed by atoms with van der Waals surface area (Å²) in [5.41, 5.74) is -4.30. The number of hydrogen-bond donors (Lipinski definition) is 2. The summed E-state index contributed by atoms with van der Waals surface area (Å²) in [6.45, 7) is 1.68. The Kier molecular flexibility index (Phi) is 6.75. The van der Waals surface area contributed by atoms with Gasteiger partial charge < -0.3 is 5.11 Å². The topological polar surface area (TPSA) is 105 Å². The number of aromatic nitrogens is 1. The second kappa shape index (κ2) is 9.06. The van der Waals surface area contributed by atoms with Gasteiger partial charge in [0.2, 0.25) is 0 Å². The number of alkyl halides is 3. The van der Waals surface area contributed by atoms with Gasteiger partial charge in [0.05, 0.1) is 15.1 Å². The second-order valence-corrected chi connectivity index (χ2v) is 12.9. The number of anilines is 1. The van der Waals surface area contributed by atoms with Crippen LogP contribution in [0.25, 0.3) is 0 Å². The molecule has 7 nitrogen and oxygen atoms in total. The summed E-state index contributed by atoms with van der Waals surface area (Å²) in [6.07, 6.45) is -7.37. The highest BCUT2D eigenvalue weighted by Gasteiger charge is 2.56. The molecule has 1 aromatic heterocycles. The lowest BCUT2D eigenvalue weighted by atomic mass is 9.83. The van der Waals surface area contributed by atoms with E-state index in [2.05, 4.69) is 15.9 Å². The molecule has 2 aromatic carbocycles. The van der Waals surface area contributed by atoms with Crippen LogP contribution in [0.3, 0.4) is 0 Å². The predicted octanol–water partition coefficient (Wildman–Crippen LogP) is 4.66. The molecule has 0 spiro atoms. The molecular formula is C22H18BrF5N2O5S2. The highest BCUT2D eigenvalue weighted by atomic mass is 79.9. The first-order chi connectivity index (χ1) is 17.0. The third-order valence-electron chi connectivity index (χ3n) is 6.04. The summed E-state index contributed by atoms with van der Waals surface area (Å²) < 4.78 is 124. The highest BCUT2D eigenvalue weighted by molar-refractivity contribution is 9.10. The summed E-state index contributed by atoms with van der Waals surface area (Å²) in [6, 6.07) is 6.49. The standard InChI is InChI=1S/C22H18BrF5N2O5S2/c1-12-2-4-13(5-3-12)37(34,35)30-11-20(14-6-7-21(31,10-19(14)30)22(26,27)28)36(32,33)29-18-9-16(24)15(23)8-17(18)25/h2-5,8-9,11,29,31H,6-7,10H2,1H3. The Balaban J connectivity index is 1.90. The minimum absolute atomic E-state index is 0.285. The zero-order chi connectivity index (χ0) is 27.6. The number of sulfonamides is 1. The van der Waals surface area contributed by atoms with E-state index >= 15 is 0 Å². The molecule has 0 saturated heterocycles. The SMILES string of the molecule is Cc1ccc(S(=O)(=O)n2cc(S(=O)(=O)Nc3cc(F)c(Br)cc3F)c3c2CC(O)(C(F)(F)F)CC3)cc1. The molecule has 2 N–H and O–H groups in total. The summed E-state index contributed by atoms with van der Waals surface area (Å²) in [7, 11) is -9.45. The minimum Gasteiger partial charge on any atom is -0.380 e.